The normalized spacial score (nSPS) is 14.7. The minimum atomic E-state index is 0.231. The monoisotopic (exact) mass is 287 g/mol. The van der Waals surface area contributed by atoms with Crippen molar-refractivity contribution in [3.05, 3.63) is 42.0 Å². The molecule has 5 nitrogen and oxygen atoms in total. The molecule has 1 aromatic heterocycles. The number of fused-ring (bicyclic) bond motifs is 1. The zero-order valence-electron chi connectivity index (χ0n) is 12.7. The van der Waals surface area contributed by atoms with Gasteiger partial charge in [-0.3, -0.25) is 0 Å². The van der Waals surface area contributed by atoms with Crippen molar-refractivity contribution in [2.75, 3.05) is 6.79 Å². The van der Waals surface area contributed by atoms with Crippen molar-refractivity contribution in [3.8, 4) is 11.5 Å². The Labute approximate surface area is 124 Å². The molecule has 2 aromatic rings. The lowest BCUT2D eigenvalue weighted by molar-refractivity contribution is 0.174. The highest BCUT2D eigenvalue weighted by Crippen LogP contribution is 2.34. The van der Waals surface area contributed by atoms with Gasteiger partial charge in [-0.15, -0.1) is 0 Å². The Kier molecular flexibility index (Phi) is 3.84. The maximum atomic E-state index is 5.43. The van der Waals surface area contributed by atoms with Crippen LogP contribution in [0.2, 0.25) is 0 Å². The van der Waals surface area contributed by atoms with E-state index in [2.05, 4.69) is 41.7 Å². The lowest BCUT2D eigenvalue weighted by Gasteiger charge is -2.17. The van der Waals surface area contributed by atoms with Crippen LogP contribution < -0.4 is 14.8 Å². The smallest absolute Gasteiger partial charge is 0.231 e. The fourth-order valence-electron chi connectivity index (χ4n) is 2.49. The number of hydrogen-bond donors (Lipinski definition) is 1. The van der Waals surface area contributed by atoms with Crippen molar-refractivity contribution >= 4 is 0 Å². The van der Waals surface area contributed by atoms with Crippen LogP contribution in [-0.4, -0.2) is 16.3 Å². The van der Waals surface area contributed by atoms with Crippen molar-refractivity contribution in [3.63, 3.8) is 0 Å². The second kappa shape index (κ2) is 5.77. The summed E-state index contributed by atoms with van der Waals surface area (Å²) in [4.78, 5) is 4.23. The fraction of sp³-hybridized carbons (Fsp3) is 0.438. The summed E-state index contributed by atoms with van der Waals surface area (Å²) in [6.07, 6.45) is 3.80. The van der Waals surface area contributed by atoms with E-state index in [1.807, 2.05) is 24.7 Å². The molecule has 1 N–H and O–H groups in total. The summed E-state index contributed by atoms with van der Waals surface area (Å²) in [5.41, 5.74) is 2.38. The van der Waals surface area contributed by atoms with E-state index in [1.54, 1.807) is 0 Å². The number of ether oxygens (including phenoxy) is 2. The second-order valence-electron chi connectivity index (χ2n) is 5.60. The van der Waals surface area contributed by atoms with Crippen LogP contribution in [0.1, 0.15) is 44.1 Å². The van der Waals surface area contributed by atoms with Gasteiger partial charge in [0.2, 0.25) is 6.79 Å². The second-order valence-corrected chi connectivity index (χ2v) is 5.60. The van der Waals surface area contributed by atoms with E-state index in [1.165, 1.54) is 11.3 Å². The number of rotatable bonds is 5. The van der Waals surface area contributed by atoms with E-state index in [-0.39, 0.29) is 6.04 Å². The van der Waals surface area contributed by atoms with Crippen LogP contribution in [0, 0.1) is 0 Å². The molecule has 1 aliphatic heterocycles. The third-order valence-corrected chi connectivity index (χ3v) is 3.79. The van der Waals surface area contributed by atoms with E-state index < -0.39 is 0 Å². The largest absolute Gasteiger partial charge is 0.454 e. The van der Waals surface area contributed by atoms with E-state index in [0.717, 1.165) is 18.0 Å². The molecule has 0 spiro atoms. The first-order valence-electron chi connectivity index (χ1n) is 7.29. The minimum absolute atomic E-state index is 0.231. The van der Waals surface area contributed by atoms with Crippen molar-refractivity contribution in [2.24, 2.45) is 0 Å². The van der Waals surface area contributed by atoms with Crippen molar-refractivity contribution in [1.29, 1.82) is 0 Å². The molecule has 0 saturated heterocycles. The molecule has 1 unspecified atom stereocenters. The van der Waals surface area contributed by atoms with Crippen LogP contribution in [0.25, 0.3) is 0 Å². The molecule has 3 rings (SSSR count). The number of nitrogens with zero attached hydrogens (tertiary/aromatic N) is 2. The zero-order valence-corrected chi connectivity index (χ0v) is 12.7. The van der Waals surface area contributed by atoms with Crippen LogP contribution >= 0.6 is 0 Å². The Morgan fingerprint density at radius 3 is 2.86 bits per heavy atom. The molecule has 0 saturated carbocycles. The van der Waals surface area contributed by atoms with Gasteiger partial charge in [-0.05, 0) is 38.5 Å². The molecule has 112 valence electrons. The number of benzene rings is 1. The summed E-state index contributed by atoms with van der Waals surface area (Å²) in [6.45, 7) is 7.56. The van der Waals surface area contributed by atoms with Crippen LogP contribution in [0.4, 0.5) is 0 Å². The standard InChI is InChI=1S/C16H21N3O2/c1-11(2)19-9-17-7-14(19)8-18-12(3)13-4-5-15-16(6-13)21-10-20-15/h4-7,9,11-12,18H,8,10H2,1-3H3. The maximum Gasteiger partial charge on any atom is 0.231 e. The highest BCUT2D eigenvalue weighted by molar-refractivity contribution is 5.45. The van der Waals surface area contributed by atoms with Gasteiger partial charge in [0, 0.05) is 24.8 Å². The van der Waals surface area contributed by atoms with Crippen LogP contribution in [0.5, 0.6) is 11.5 Å². The van der Waals surface area contributed by atoms with Crippen molar-refractivity contribution in [1.82, 2.24) is 14.9 Å². The van der Waals surface area contributed by atoms with E-state index in [0.29, 0.717) is 12.8 Å². The average Bonchev–Trinajstić information content (AvgIpc) is 3.12. The Morgan fingerprint density at radius 1 is 1.24 bits per heavy atom. The molecule has 1 aromatic carbocycles. The summed E-state index contributed by atoms with van der Waals surface area (Å²) < 4.78 is 12.9. The van der Waals surface area contributed by atoms with Gasteiger partial charge < -0.3 is 19.4 Å². The molecule has 1 atom stereocenters. The number of imidazole rings is 1. The highest BCUT2D eigenvalue weighted by Gasteiger charge is 2.16. The summed E-state index contributed by atoms with van der Waals surface area (Å²) in [7, 11) is 0. The predicted octanol–water partition coefficient (Wildman–Crippen LogP) is 3.04. The lowest BCUT2D eigenvalue weighted by atomic mass is 10.1. The maximum absolute atomic E-state index is 5.43. The number of hydrogen-bond acceptors (Lipinski definition) is 4. The van der Waals surface area contributed by atoms with Crippen LogP contribution in [-0.2, 0) is 6.54 Å². The first-order chi connectivity index (χ1) is 10.1. The van der Waals surface area contributed by atoms with Gasteiger partial charge in [0.15, 0.2) is 11.5 Å². The van der Waals surface area contributed by atoms with Gasteiger partial charge in [0.25, 0.3) is 0 Å². The average molecular weight is 287 g/mol. The molecule has 1 aliphatic rings. The number of aromatic nitrogens is 2. The van der Waals surface area contributed by atoms with Crippen molar-refractivity contribution in [2.45, 2.75) is 39.4 Å². The summed E-state index contributed by atoms with van der Waals surface area (Å²) >= 11 is 0. The molecule has 0 radical (unpaired) electrons. The van der Waals surface area contributed by atoms with Crippen LogP contribution in [0.3, 0.4) is 0 Å². The minimum Gasteiger partial charge on any atom is -0.454 e. The topological polar surface area (TPSA) is 48.3 Å². The zero-order chi connectivity index (χ0) is 14.8. The summed E-state index contributed by atoms with van der Waals surface area (Å²) in [5.74, 6) is 1.65. The predicted molar refractivity (Wildman–Crippen MR) is 80.4 cm³/mol. The lowest BCUT2D eigenvalue weighted by Crippen LogP contribution is -2.20. The van der Waals surface area contributed by atoms with E-state index >= 15 is 0 Å². The Morgan fingerprint density at radius 2 is 2.05 bits per heavy atom. The van der Waals surface area contributed by atoms with Gasteiger partial charge >= 0.3 is 0 Å². The van der Waals surface area contributed by atoms with Crippen molar-refractivity contribution < 1.29 is 9.47 Å². The van der Waals surface area contributed by atoms with E-state index in [9.17, 15) is 0 Å². The molecule has 0 fully saturated rings. The Balaban J connectivity index is 1.66. The van der Waals surface area contributed by atoms with E-state index in [4.69, 9.17) is 9.47 Å². The van der Waals surface area contributed by atoms with Gasteiger partial charge in [0.1, 0.15) is 0 Å². The van der Waals surface area contributed by atoms with Gasteiger partial charge in [0.05, 0.1) is 12.0 Å². The van der Waals surface area contributed by atoms with Crippen LogP contribution in [0.15, 0.2) is 30.7 Å². The third-order valence-electron chi connectivity index (χ3n) is 3.79. The summed E-state index contributed by atoms with van der Waals surface area (Å²) in [6, 6.07) is 6.74. The molecular formula is C16H21N3O2. The molecule has 5 heteroatoms. The molecule has 2 heterocycles. The molecule has 0 bridgehead atoms. The molecular weight excluding hydrogens is 266 g/mol. The first-order valence-corrected chi connectivity index (χ1v) is 7.29. The SMILES string of the molecule is CC(NCc1cncn1C(C)C)c1ccc2c(c1)OCO2. The molecule has 0 amide bonds. The van der Waals surface area contributed by atoms with Gasteiger partial charge in [-0.2, -0.15) is 0 Å². The highest BCUT2D eigenvalue weighted by atomic mass is 16.7. The fourth-order valence-corrected chi connectivity index (χ4v) is 2.49. The molecule has 21 heavy (non-hydrogen) atoms. The quantitative estimate of drug-likeness (QED) is 0.918. The Hall–Kier alpha value is -2.01. The summed E-state index contributed by atoms with van der Waals surface area (Å²) in [5, 5.41) is 3.53. The number of nitrogens with one attached hydrogen (secondary N) is 1. The molecule has 0 aliphatic carbocycles. The Bertz CT molecular complexity index is 622. The third kappa shape index (κ3) is 2.88. The van der Waals surface area contributed by atoms with Gasteiger partial charge in [-0.1, -0.05) is 6.07 Å². The first kappa shape index (κ1) is 13.9. The van der Waals surface area contributed by atoms with Gasteiger partial charge in [-0.25, -0.2) is 4.98 Å².